The van der Waals surface area contributed by atoms with Gasteiger partial charge in [0.15, 0.2) is 0 Å². The van der Waals surface area contributed by atoms with Crippen molar-refractivity contribution in [3.05, 3.63) is 29.6 Å². The van der Waals surface area contributed by atoms with Gasteiger partial charge in [0.1, 0.15) is 11.9 Å². The third-order valence-corrected chi connectivity index (χ3v) is 3.08. The Morgan fingerprint density at radius 1 is 1.53 bits per heavy atom. The van der Waals surface area contributed by atoms with Gasteiger partial charge in [0, 0.05) is 12.6 Å². The Bertz CT molecular complexity index is 442. The summed E-state index contributed by atoms with van der Waals surface area (Å²) in [6.07, 6.45) is 0.906. The highest BCUT2D eigenvalue weighted by atomic mass is 19.1. The molecule has 0 spiro atoms. The van der Waals surface area contributed by atoms with E-state index in [1.165, 1.54) is 12.1 Å². The van der Waals surface area contributed by atoms with E-state index in [0.717, 1.165) is 19.6 Å². The number of hydrogen-bond donors (Lipinski definition) is 1. The van der Waals surface area contributed by atoms with Gasteiger partial charge in [-0.3, -0.25) is 0 Å². The number of anilines is 1. The lowest BCUT2D eigenvalue weighted by Gasteiger charge is -2.30. The lowest BCUT2D eigenvalue weighted by molar-refractivity contribution is 0.0537. The molecule has 0 saturated carbocycles. The predicted molar refractivity (Wildman–Crippen MR) is 63.1 cm³/mol. The molecule has 1 heterocycles. The van der Waals surface area contributed by atoms with Crippen LogP contribution in [0.15, 0.2) is 18.2 Å². The molecule has 2 unspecified atom stereocenters. The zero-order valence-electron chi connectivity index (χ0n) is 9.74. The zero-order valence-corrected chi connectivity index (χ0v) is 9.74. The zero-order chi connectivity index (χ0) is 12.3. The van der Waals surface area contributed by atoms with Crippen molar-refractivity contribution < 1.29 is 9.13 Å². The minimum Gasteiger partial charge on any atom is -0.381 e. The molecule has 2 rings (SSSR count). The summed E-state index contributed by atoms with van der Waals surface area (Å²) in [7, 11) is 0. The number of nitrogens with zero attached hydrogens (tertiary/aromatic N) is 1. The average molecular weight is 234 g/mol. The SMILES string of the molecule is CC1COCCC1Nc1ccc(F)cc1C#N. The van der Waals surface area contributed by atoms with E-state index in [4.69, 9.17) is 10.00 Å². The van der Waals surface area contributed by atoms with Crippen molar-refractivity contribution in [1.29, 1.82) is 5.26 Å². The molecule has 0 aromatic heterocycles. The van der Waals surface area contributed by atoms with Crippen molar-refractivity contribution in [3.63, 3.8) is 0 Å². The van der Waals surface area contributed by atoms with Crippen LogP contribution in [0, 0.1) is 23.1 Å². The third kappa shape index (κ3) is 2.75. The predicted octanol–water partition coefficient (Wildman–Crippen LogP) is 2.53. The van der Waals surface area contributed by atoms with Gasteiger partial charge in [-0.05, 0) is 30.5 Å². The lowest BCUT2D eigenvalue weighted by Crippen LogP contribution is -2.36. The maximum atomic E-state index is 13.0. The van der Waals surface area contributed by atoms with E-state index in [1.807, 2.05) is 6.07 Å². The summed E-state index contributed by atoms with van der Waals surface area (Å²) in [4.78, 5) is 0. The number of ether oxygens (including phenoxy) is 1. The van der Waals surface area contributed by atoms with Crippen molar-refractivity contribution in [2.75, 3.05) is 18.5 Å². The number of hydrogen-bond acceptors (Lipinski definition) is 3. The summed E-state index contributed by atoms with van der Waals surface area (Å²) in [5.74, 6) is 0.00692. The first-order valence-corrected chi connectivity index (χ1v) is 5.74. The molecule has 0 aliphatic carbocycles. The number of halogens is 1. The van der Waals surface area contributed by atoms with Crippen LogP contribution in [0.2, 0.25) is 0 Å². The van der Waals surface area contributed by atoms with E-state index < -0.39 is 0 Å². The first kappa shape index (κ1) is 11.9. The van der Waals surface area contributed by atoms with Crippen LogP contribution in [0.4, 0.5) is 10.1 Å². The second-order valence-corrected chi connectivity index (χ2v) is 4.39. The molecule has 0 radical (unpaired) electrons. The van der Waals surface area contributed by atoms with Gasteiger partial charge >= 0.3 is 0 Å². The van der Waals surface area contributed by atoms with E-state index in [0.29, 0.717) is 17.2 Å². The molecule has 1 saturated heterocycles. The second kappa shape index (κ2) is 5.15. The highest BCUT2D eigenvalue weighted by molar-refractivity contribution is 5.58. The molecule has 1 aliphatic heterocycles. The number of rotatable bonds is 2. The lowest BCUT2D eigenvalue weighted by atomic mass is 9.97. The molecular weight excluding hydrogens is 219 g/mol. The van der Waals surface area contributed by atoms with Crippen molar-refractivity contribution in [3.8, 4) is 6.07 Å². The molecule has 1 N–H and O–H groups in total. The molecule has 1 aliphatic rings. The summed E-state index contributed by atoms with van der Waals surface area (Å²) in [6, 6.07) is 6.53. The first-order chi connectivity index (χ1) is 8.20. The molecule has 90 valence electrons. The van der Waals surface area contributed by atoms with E-state index in [9.17, 15) is 4.39 Å². The van der Waals surface area contributed by atoms with Crippen molar-refractivity contribution in [2.45, 2.75) is 19.4 Å². The number of benzene rings is 1. The summed E-state index contributed by atoms with van der Waals surface area (Å²) in [5.41, 5.74) is 1.05. The maximum absolute atomic E-state index is 13.0. The molecule has 1 fully saturated rings. The molecule has 0 amide bonds. The van der Waals surface area contributed by atoms with Gasteiger partial charge in [0.05, 0.1) is 17.9 Å². The molecule has 1 aromatic rings. The Morgan fingerprint density at radius 3 is 3.06 bits per heavy atom. The molecule has 0 bridgehead atoms. The van der Waals surface area contributed by atoms with Crippen LogP contribution in [-0.2, 0) is 4.74 Å². The van der Waals surface area contributed by atoms with Crippen LogP contribution >= 0.6 is 0 Å². The Balaban J connectivity index is 2.15. The molecule has 3 nitrogen and oxygen atoms in total. The van der Waals surface area contributed by atoms with Crippen molar-refractivity contribution in [2.24, 2.45) is 5.92 Å². The van der Waals surface area contributed by atoms with Crippen LogP contribution in [0.1, 0.15) is 18.9 Å². The minimum absolute atomic E-state index is 0.279. The number of nitriles is 1. The van der Waals surface area contributed by atoms with Gasteiger partial charge < -0.3 is 10.1 Å². The summed E-state index contributed by atoms with van der Waals surface area (Å²) >= 11 is 0. The Kier molecular flexibility index (Phi) is 3.60. The normalized spacial score (nSPS) is 24.1. The Morgan fingerprint density at radius 2 is 2.35 bits per heavy atom. The quantitative estimate of drug-likeness (QED) is 0.855. The van der Waals surface area contributed by atoms with Crippen LogP contribution in [0.25, 0.3) is 0 Å². The Labute approximate surface area is 100 Å². The van der Waals surface area contributed by atoms with Crippen LogP contribution in [0.5, 0.6) is 0 Å². The van der Waals surface area contributed by atoms with E-state index >= 15 is 0 Å². The molecule has 1 aromatic carbocycles. The van der Waals surface area contributed by atoms with Gasteiger partial charge in [-0.15, -0.1) is 0 Å². The first-order valence-electron chi connectivity index (χ1n) is 5.74. The highest BCUT2D eigenvalue weighted by Gasteiger charge is 2.22. The van der Waals surface area contributed by atoms with Gasteiger partial charge in [-0.1, -0.05) is 6.92 Å². The van der Waals surface area contributed by atoms with Crippen LogP contribution < -0.4 is 5.32 Å². The fourth-order valence-electron chi connectivity index (χ4n) is 2.03. The molecule has 2 atom stereocenters. The Hall–Kier alpha value is -1.60. The van der Waals surface area contributed by atoms with E-state index in [-0.39, 0.29) is 11.9 Å². The smallest absolute Gasteiger partial charge is 0.124 e. The second-order valence-electron chi connectivity index (χ2n) is 4.39. The summed E-state index contributed by atoms with van der Waals surface area (Å²) in [6.45, 7) is 3.55. The standard InChI is InChI=1S/C13H15FN2O/c1-9-8-17-5-4-12(9)16-13-3-2-11(14)6-10(13)7-15/h2-3,6,9,12,16H,4-5,8H2,1H3. The summed E-state index contributed by atoms with van der Waals surface area (Å²) in [5, 5.41) is 12.3. The molecule has 17 heavy (non-hydrogen) atoms. The minimum atomic E-state index is -0.382. The van der Waals surface area contributed by atoms with Crippen molar-refractivity contribution >= 4 is 5.69 Å². The number of nitrogens with one attached hydrogen (secondary N) is 1. The summed E-state index contributed by atoms with van der Waals surface area (Å²) < 4.78 is 18.4. The van der Waals surface area contributed by atoms with Crippen LogP contribution in [0.3, 0.4) is 0 Å². The third-order valence-electron chi connectivity index (χ3n) is 3.08. The topological polar surface area (TPSA) is 45.0 Å². The fourth-order valence-corrected chi connectivity index (χ4v) is 2.03. The highest BCUT2D eigenvalue weighted by Crippen LogP contribution is 2.22. The van der Waals surface area contributed by atoms with Gasteiger partial charge in [0.2, 0.25) is 0 Å². The molecular formula is C13H15FN2O. The maximum Gasteiger partial charge on any atom is 0.124 e. The van der Waals surface area contributed by atoms with Gasteiger partial charge in [-0.25, -0.2) is 4.39 Å². The fraction of sp³-hybridized carbons (Fsp3) is 0.462. The van der Waals surface area contributed by atoms with Gasteiger partial charge in [-0.2, -0.15) is 5.26 Å². The van der Waals surface area contributed by atoms with Gasteiger partial charge in [0.25, 0.3) is 0 Å². The average Bonchev–Trinajstić information content (AvgIpc) is 2.34. The largest absolute Gasteiger partial charge is 0.381 e. The van der Waals surface area contributed by atoms with Crippen LogP contribution in [-0.4, -0.2) is 19.3 Å². The van der Waals surface area contributed by atoms with E-state index in [1.54, 1.807) is 6.07 Å². The monoisotopic (exact) mass is 234 g/mol. The molecule has 4 heteroatoms. The van der Waals surface area contributed by atoms with E-state index in [2.05, 4.69) is 12.2 Å². The van der Waals surface area contributed by atoms with Crippen molar-refractivity contribution in [1.82, 2.24) is 0 Å².